The van der Waals surface area contributed by atoms with E-state index in [2.05, 4.69) is 0 Å². The summed E-state index contributed by atoms with van der Waals surface area (Å²) in [5.41, 5.74) is 1.75. The van der Waals surface area contributed by atoms with Gasteiger partial charge in [0.05, 0.1) is 10.4 Å². The monoisotopic (exact) mass is 454 g/mol. The Balaban J connectivity index is 2.05. The summed E-state index contributed by atoms with van der Waals surface area (Å²) in [5, 5.41) is 1.17. The van der Waals surface area contributed by atoms with Gasteiger partial charge in [-0.2, -0.15) is 0 Å². The zero-order valence-corrected chi connectivity index (χ0v) is 18.9. The van der Waals surface area contributed by atoms with Crippen LogP contribution < -0.4 is 4.74 Å². The highest BCUT2D eigenvalue weighted by atomic mass is 35.5. The molecule has 0 aliphatic heterocycles. The molecular formula is C24H23ClN2O3S. The zero-order chi connectivity index (χ0) is 22.0. The lowest BCUT2D eigenvalue weighted by atomic mass is 10.1. The average Bonchev–Trinajstić information content (AvgIpc) is 3.09. The maximum atomic E-state index is 13.8. The lowest BCUT2D eigenvalue weighted by molar-refractivity contribution is 0.264. The average molecular weight is 455 g/mol. The third-order valence-corrected chi connectivity index (χ3v) is 6.92. The molecule has 0 aliphatic rings. The van der Waals surface area contributed by atoms with Gasteiger partial charge >= 0.3 is 0 Å². The van der Waals surface area contributed by atoms with Gasteiger partial charge in [0, 0.05) is 22.5 Å². The summed E-state index contributed by atoms with van der Waals surface area (Å²) in [6.07, 6.45) is 0. The highest BCUT2D eigenvalue weighted by Gasteiger charge is 2.29. The van der Waals surface area contributed by atoms with E-state index < -0.39 is 10.0 Å². The molecule has 0 saturated heterocycles. The molecule has 0 spiro atoms. The van der Waals surface area contributed by atoms with Crippen molar-refractivity contribution >= 4 is 32.5 Å². The topological polar surface area (TPSA) is 51.5 Å². The minimum atomic E-state index is -3.89. The Labute approximate surface area is 187 Å². The van der Waals surface area contributed by atoms with Crippen molar-refractivity contribution in [1.82, 2.24) is 8.87 Å². The normalized spacial score (nSPS) is 11.9. The van der Waals surface area contributed by atoms with E-state index >= 15 is 0 Å². The van der Waals surface area contributed by atoms with E-state index in [1.165, 1.54) is 3.97 Å². The molecule has 4 aromatic rings. The van der Waals surface area contributed by atoms with Gasteiger partial charge in [-0.25, -0.2) is 12.4 Å². The molecule has 31 heavy (non-hydrogen) atoms. The van der Waals surface area contributed by atoms with Gasteiger partial charge < -0.3 is 9.64 Å². The highest BCUT2D eigenvalue weighted by Crippen LogP contribution is 2.43. The summed E-state index contributed by atoms with van der Waals surface area (Å²) in [4.78, 5) is 2.22. The van der Waals surface area contributed by atoms with Gasteiger partial charge in [0.25, 0.3) is 10.0 Å². The van der Waals surface area contributed by atoms with Gasteiger partial charge in [-0.3, -0.25) is 0 Å². The number of benzene rings is 3. The van der Waals surface area contributed by atoms with Gasteiger partial charge in [0.2, 0.25) is 0 Å². The van der Waals surface area contributed by atoms with Gasteiger partial charge in [0.1, 0.15) is 12.3 Å². The fourth-order valence-electron chi connectivity index (χ4n) is 3.48. The standard InChI is InChI=1S/C24H23ClN2O3S/c1-26(2)15-16-30-24-21-17-19(25)13-14-22(21)27(23(24)18-9-5-3-6-10-18)31(28,29)20-11-7-4-8-12-20/h3-14,17H,15-16H2,1-2H3. The Kier molecular flexibility index (Phi) is 6.05. The summed E-state index contributed by atoms with van der Waals surface area (Å²) in [7, 11) is 0.0250. The molecule has 0 atom stereocenters. The van der Waals surface area contributed by atoms with Crippen LogP contribution in [0.15, 0.2) is 83.8 Å². The first kappa shape index (κ1) is 21.4. The van der Waals surface area contributed by atoms with Gasteiger partial charge in [0.15, 0.2) is 5.75 Å². The SMILES string of the molecule is CN(C)CCOc1c(-c2ccccc2)n(S(=O)(=O)c2ccccc2)c2ccc(Cl)cc12. The zero-order valence-electron chi connectivity index (χ0n) is 17.3. The summed E-state index contributed by atoms with van der Waals surface area (Å²) < 4.78 is 35.1. The van der Waals surface area contributed by atoms with Crippen LogP contribution in [0.4, 0.5) is 0 Å². The molecule has 0 radical (unpaired) electrons. The minimum Gasteiger partial charge on any atom is -0.489 e. The van der Waals surface area contributed by atoms with E-state index in [9.17, 15) is 8.42 Å². The molecule has 0 N–H and O–H groups in total. The third kappa shape index (κ3) is 4.19. The van der Waals surface area contributed by atoms with Crippen LogP contribution in [0.25, 0.3) is 22.2 Å². The number of likely N-dealkylation sites (N-methyl/N-ethyl adjacent to an activating group) is 1. The minimum absolute atomic E-state index is 0.207. The predicted molar refractivity (Wildman–Crippen MR) is 125 cm³/mol. The van der Waals surface area contributed by atoms with Crippen molar-refractivity contribution in [2.24, 2.45) is 0 Å². The molecule has 7 heteroatoms. The van der Waals surface area contributed by atoms with Crippen LogP contribution >= 0.6 is 11.6 Å². The van der Waals surface area contributed by atoms with Crippen molar-refractivity contribution in [3.05, 3.63) is 83.9 Å². The van der Waals surface area contributed by atoms with Crippen molar-refractivity contribution in [2.75, 3.05) is 27.2 Å². The molecular weight excluding hydrogens is 432 g/mol. The summed E-state index contributed by atoms with van der Waals surface area (Å²) in [6.45, 7) is 1.09. The van der Waals surface area contributed by atoms with Crippen molar-refractivity contribution in [2.45, 2.75) is 4.90 Å². The predicted octanol–water partition coefficient (Wildman–Crippen LogP) is 5.14. The number of fused-ring (bicyclic) bond motifs is 1. The second kappa shape index (κ2) is 8.75. The van der Waals surface area contributed by atoms with Crippen molar-refractivity contribution in [3.63, 3.8) is 0 Å². The van der Waals surface area contributed by atoms with Crippen molar-refractivity contribution in [1.29, 1.82) is 0 Å². The fourth-order valence-corrected chi connectivity index (χ4v) is 5.21. The summed E-state index contributed by atoms with van der Waals surface area (Å²) in [6, 6.07) is 23.0. The van der Waals surface area contributed by atoms with Crippen LogP contribution in [0, 0.1) is 0 Å². The number of halogens is 1. The molecule has 3 aromatic carbocycles. The Hall–Kier alpha value is -2.80. The van der Waals surface area contributed by atoms with E-state index in [1.807, 2.05) is 49.3 Å². The van der Waals surface area contributed by atoms with Gasteiger partial charge in [-0.05, 0) is 44.4 Å². The van der Waals surface area contributed by atoms with Crippen LogP contribution in [-0.2, 0) is 10.0 Å². The van der Waals surface area contributed by atoms with E-state index in [0.29, 0.717) is 40.5 Å². The fraction of sp³-hybridized carbons (Fsp3) is 0.167. The molecule has 0 aliphatic carbocycles. The first-order chi connectivity index (χ1) is 14.9. The van der Waals surface area contributed by atoms with E-state index in [0.717, 1.165) is 5.56 Å². The number of ether oxygens (including phenoxy) is 1. The Bertz CT molecular complexity index is 1300. The van der Waals surface area contributed by atoms with Crippen LogP contribution in [0.1, 0.15) is 0 Å². The van der Waals surface area contributed by atoms with E-state index in [4.69, 9.17) is 16.3 Å². The molecule has 1 aromatic heterocycles. The van der Waals surface area contributed by atoms with Crippen LogP contribution in [0.2, 0.25) is 5.02 Å². The second-order valence-corrected chi connectivity index (χ2v) is 9.66. The Morgan fingerprint density at radius 3 is 2.23 bits per heavy atom. The maximum Gasteiger partial charge on any atom is 0.268 e. The van der Waals surface area contributed by atoms with Crippen LogP contribution in [0.3, 0.4) is 0 Å². The van der Waals surface area contributed by atoms with Gasteiger partial charge in [-0.1, -0.05) is 60.1 Å². The summed E-state index contributed by atoms with van der Waals surface area (Å²) >= 11 is 6.29. The Morgan fingerprint density at radius 1 is 0.935 bits per heavy atom. The maximum absolute atomic E-state index is 13.8. The molecule has 0 bridgehead atoms. The molecule has 0 amide bonds. The second-order valence-electron chi connectivity index (χ2n) is 7.44. The molecule has 5 nitrogen and oxygen atoms in total. The van der Waals surface area contributed by atoms with Crippen molar-refractivity contribution in [3.8, 4) is 17.0 Å². The van der Waals surface area contributed by atoms with E-state index in [-0.39, 0.29) is 4.90 Å². The third-order valence-electron chi connectivity index (χ3n) is 4.95. The largest absolute Gasteiger partial charge is 0.489 e. The number of hydrogen-bond donors (Lipinski definition) is 0. The lowest BCUT2D eigenvalue weighted by Crippen LogP contribution is -2.19. The molecule has 4 rings (SSSR count). The first-order valence-electron chi connectivity index (χ1n) is 9.87. The van der Waals surface area contributed by atoms with Crippen LogP contribution in [-0.4, -0.2) is 44.5 Å². The first-order valence-corrected chi connectivity index (χ1v) is 11.7. The molecule has 160 valence electrons. The molecule has 1 heterocycles. The molecule has 0 fully saturated rings. The number of rotatable bonds is 7. The lowest BCUT2D eigenvalue weighted by Gasteiger charge is -2.15. The number of hydrogen-bond acceptors (Lipinski definition) is 4. The quantitative estimate of drug-likeness (QED) is 0.388. The number of nitrogens with zero attached hydrogens (tertiary/aromatic N) is 2. The Morgan fingerprint density at radius 2 is 1.58 bits per heavy atom. The molecule has 0 saturated carbocycles. The highest BCUT2D eigenvalue weighted by molar-refractivity contribution is 7.90. The number of aromatic nitrogens is 1. The smallest absolute Gasteiger partial charge is 0.268 e. The van der Waals surface area contributed by atoms with Crippen molar-refractivity contribution < 1.29 is 13.2 Å². The van der Waals surface area contributed by atoms with Crippen LogP contribution in [0.5, 0.6) is 5.75 Å². The van der Waals surface area contributed by atoms with Gasteiger partial charge in [-0.15, -0.1) is 0 Å². The van der Waals surface area contributed by atoms with E-state index in [1.54, 1.807) is 48.5 Å². The molecule has 0 unspecified atom stereocenters. The summed E-state index contributed by atoms with van der Waals surface area (Å²) in [5.74, 6) is 0.505.